The zero-order valence-corrected chi connectivity index (χ0v) is 13.6. The summed E-state index contributed by atoms with van der Waals surface area (Å²) in [5.74, 6) is -1.33. The van der Waals surface area contributed by atoms with Gasteiger partial charge in [0.05, 0.1) is 10.6 Å². The van der Waals surface area contributed by atoms with Crippen LogP contribution in [0.3, 0.4) is 0 Å². The molecule has 2 aromatic rings. The number of anilines is 1. The number of sulfonamides is 1. The van der Waals surface area contributed by atoms with Crippen LogP contribution in [-0.4, -0.2) is 20.9 Å². The zero-order chi connectivity index (χ0) is 16.3. The molecule has 2 N–H and O–H groups in total. The third kappa shape index (κ3) is 3.63. The Hall–Kier alpha value is -1.93. The summed E-state index contributed by atoms with van der Waals surface area (Å²) in [7, 11) is -3.99. The van der Waals surface area contributed by atoms with E-state index in [0.29, 0.717) is 0 Å². The fourth-order valence-electron chi connectivity index (χ4n) is 1.80. The lowest BCUT2D eigenvalue weighted by molar-refractivity contribution is -0.116. The number of rotatable bonds is 5. The van der Waals surface area contributed by atoms with Crippen LogP contribution in [0.15, 0.2) is 57.9 Å². The molecule has 0 heterocycles. The minimum atomic E-state index is -3.99. The topological polar surface area (TPSA) is 80.5 Å². The molecule has 0 aliphatic carbocycles. The molecule has 0 aliphatic rings. The first-order valence-electron chi connectivity index (χ1n) is 6.13. The van der Waals surface area contributed by atoms with Gasteiger partial charge in [-0.1, -0.05) is 15.9 Å². The molecule has 2 aromatic carbocycles. The van der Waals surface area contributed by atoms with Crippen molar-refractivity contribution in [3.05, 3.63) is 58.8 Å². The second kappa shape index (κ2) is 6.45. The van der Waals surface area contributed by atoms with Gasteiger partial charge in [-0.25, -0.2) is 12.8 Å². The van der Waals surface area contributed by atoms with Gasteiger partial charge in [0.1, 0.15) is 12.4 Å². The highest BCUT2D eigenvalue weighted by atomic mass is 79.9. The van der Waals surface area contributed by atoms with Gasteiger partial charge in [0, 0.05) is 4.47 Å². The molecule has 1 amide bonds. The normalized spacial score (nSPS) is 11.2. The van der Waals surface area contributed by atoms with Gasteiger partial charge < -0.3 is 5.73 Å². The van der Waals surface area contributed by atoms with Gasteiger partial charge in [-0.2, -0.15) is 0 Å². The SMILES string of the molecule is NC(=O)CN(c1ccc(F)cc1)S(=O)(=O)c1ccc(Br)cc1. The van der Waals surface area contributed by atoms with Crippen LogP contribution in [0, 0.1) is 5.82 Å². The third-order valence-electron chi connectivity index (χ3n) is 2.82. The number of hydrogen-bond donors (Lipinski definition) is 1. The fourth-order valence-corrected chi connectivity index (χ4v) is 3.49. The van der Waals surface area contributed by atoms with Crippen LogP contribution in [0.2, 0.25) is 0 Å². The molecule has 22 heavy (non-hydrogen) atoms. The Morgan fingerprint density at radius 2 is 1.64 bits per heavy atom. The quantitative estimate of drug-likeness (QED) is 0.855. The number of nitrogens with zero attached hydrogens (tertiary/aromatic N) is 1. The lowest BCUT2D eigenvalue weighted by Gasteiger charge is -2.23. The maximum Gasteiger partial charge on any atom is 0.264 e. The molecule has 0 aromatic heterocycles. The highest BCUT2D eigenvalue weighted by Gasteiger charge is 2.26. The average molecular weight is 387 g/mol. The minimum Gasteiger partial charge on any atom is -0.368 e. The van der Waals surface area contributed by atoms with Gasteiger partial charge in [0.25, 0.3) is 10.0 Å². The van der Waals surface area contributed by atoms with E-state index in [4.69, 9.17) is 5.73 Å². The number of halogens is 2. The molecule has 0 aliphatic heterocycles. The first-order valence-corrected chi connectivity index (χ1v) is 8.36. The number of primary amides is 1. The molecular formula is C14H12BrFN2O3S. The molecular weight excluding hydrogens is 375 g/mol. The minimum absolute atomic E-state index is 0.00118. The van der Waals surface area contributed by atoms with Gasteiger partial charge in [-0.3, -0.25) is 9.10 Å². The summed E-state index contributed by atoms with van der Waals surface area (Å²) in [4.78, 5) is 11.2. The summed E-state index contributed by atoms with van der Waals surface area (Å²) in [5, 5.41) is 0. The van der Waals surface area contributed by atoms with Crippen LogP contribution in [-0.2, 0) is 14.8 Å². The van der Waals surface area contributed by atoms with E-state index >= 15 is 0 Å². The molecule has 2 rings (SSSR count). The van der Waals surface area contributed by atoms with Gasteiger partial charge in [-0.05, 0) is 48.5 Å². The highest BCUT2D eigenvalue weighted by molar-refractivity contribution is 9.10. The molecule has 0 saturated heterocycles. The van der Waals surface area contributed by atoms with E-state index in [-0.39, 0.29) is 10.6 Å². The van der Waals surface area contributed by atoms with E-state index < -0.39 is 28.3 Å². The van der Waals surface area contributed by atoms with Crippen molar-refractivity contribution in [2.45, 2.75) is 4.90 Å². The summed E-state index contributed by atoms with van der Waals surface area (Å²) in [5.41, 5.74) is 5.29. The molecule has 116 valence electrons. The second-order valence-electron chi connectivity index (χ2n) is 4.41. The molecule has 0 fully saturated rings. The van der Waals surface area contributed by atoms with E-state index in [1.54, 1.807) is 12.1 Å². The van der Waals surface area contributed by atoms with Crippen molar-refractivity contribution in [3.63, 3.8) is 0 Å². The Balaban J connectivity index is 2.50. The molecule has 5 nitrogen and oxygen atoms in total. The van der Waals surface area contributed by atoms with Crippen LogP contribution in [0.1, 0.15) is 0 Å². The van der Waals surface area contributed by atoms with Crippen molar-refractivity contribution in [1.29, 1.82) is 0 Å². The van der Waals surface area contributed by atoms with E-state index in [9.17, 15) is 17.6 Å². The number of benzene rings is 2. The Labute approximate surface area is 135 Å². The highest BCUT2D eigenvalue weighted by Crippen LogP contribution is 2.24. The summed E-state index contributed by atoms with van der Waals surface area (Å²) in [6, 6.07) is 10.7. The Morgan fingerprint density at radius 3 is 2.14 bits per heavy atom. The van der Waals surface area contributed by atoms with Crippen LogP contribution >= 0.6 is 15.9 Å². The predicted octanol–water partition coefficient (Wildman–Crippen LogP) is 2.27. The van der Waals surface area contributed by atoms with Crippen LogP contribution < -0.4 is 10.0 Å². The van der Waals surface area contributed by atoms with Gasteiger partial charge in [0.2, 0.25) is 5.91 Å². The van der Waals surface area contributed by atoms with Gasteiger partial charge >= 0.3 is 0 Å². The van der Waals surface area contributed by atoms with E-state index in [0.717, 1.165) is 20.9 Å². The first-order chi connectivity index (χ1) is 10.3. The number of nitrogens with two attached hydrogens (primary N) is 1. The second-order valence-corrected chi connectivity index (χ2v) is 7.19. The number of amides is 1. The first kappa shape index (κ1) is 16.4. The maximum atomic E-state index is 13.0. The van der Waals surface area contributed by atoms with Crippen LogP contribution in [0.4, 0.5) is 10.1 Å². The lowest BCUT2D eigenvalue weighted by atomic mass is 10.3. The van der Waals surface area contributed by atoms with Crippen LogP contribution in [0.25, 0.3) is 0 Å². The molecule has 0 atom stereocenters. The van der Waals surface area contributed by atoms with E-state index in [1.165, 1.54) is 24.3 Å². The Bertz CT molecular complexity index is 777. The third-order valence-corrected chi connectivity index (χ3v) is 5.13. The Kier molecular flexibility index (Phi) is 4.82. The molecule has 8 heteroatoms. The Morgan fingerprint density at radius 1 is 1.09 bits per heavy atom. The molecule has 0 bridgehead atoms. The monoisotopic (exact) mass is 386 g/mol. The van der Waals surface area contributed by atoms with Gasteiger partial charge in [0.15, 0.2) is 0 Å². The smallest absolute Gasteiger partial charge is 0.264 e. The van der Waals surface area contributed by atoms with Crippen molar-refractivity contribution in [2.24, 2.45) is 5.73 Å². The summed E-state index contributed by atoms with van der Waals surface area (Å²) < 4.78 is 39.9. The number of carbonyl (C=O) groups excluding carboxylic acids is 1. The lowest BCUT2D eigenvalue weighted by Crippen LogP contribution is -2.38. The molecule has 0 saturated carbocycles. The predicted molar refractivity (Wildman–Crippen MR) is 84.3 cm³/mol. The maximum absolute atomic E-state index is 13.0. The number of hydrogen-bond acceptors (Lipinski definition) is 3. The zero-order valence-electron chi connectivity index (χ0n) is 11.2. The van der Waals surface area contributed by atoms with E-state index in [2.05, 4.69) is 15.9 Å². The number of carbonyl (C=O) groups is 1. The molecule has 0 spiro atoms. The summed E-state index contributed by atoms with van der Waals surface area (Å²) in [6.07, 6.45) is 0. The van der Waals surface area contributed by atoms with Crippen molar-refractivity contribution in [3.8, 4) is 0 Å². The fraction of sp³-hybridized carbons (Fsp3) is 0.0714. The van der Waals surface area contributed by atoms with Crippen molar-refractivity contribution in [1.82, 2.24) is 0 Å². The summed E-state index contributed by atoms with van der Waals surface area (Å²) >= 11 is 3.22. The van der Waals surface area contributed by atoms with Crippen molar-refractivity contribution < 1.29 is 17.6 Å². The molecule has 0 unspecified atom stereocenters. The van der Waals surface area contributed by atoms with Crippen molar-refractivity contribution in [2.75, 3.05) is 10.8 Å². The van der Waals surface area contributed by atoms with Gasteiger partial charge in [-0.15, -0.1) is 0 Å². The molecule has 0 radical (unpaired) electrons. The largest absolute Gasteiger partial charge is 0.368 e. The summed E-state index contributed by atoms with van der Waals surface area (Å²) in [6.45, 7) is -0.538. The standard InChI is InChI=1S/C14H12BrFN2O3S/c15-10-1-7-13(8-2-10)22(20,21)18(9-14(17)19)12-5-3-11(16)4-6-12/h1-8H,9H2,(H2,17,19). The average Bonchev–Trinajstić information content (AvgIpc) is 2.46. The van der Waals surface area contributed by atoms with E-state index in [1.807, 2.05) is 0 Å². The van der Waals surface area contributed by atoms with Crippen LogP contribution in [0.5, 0.6) is 0 Å². The van der Waals surface area contributed by atoms with Crippen molar-refractivity contribution >= 4 is 37.5 Å².